The van der Waals surface area contributed by atoms with E-state index in [0.717, 1.165) is 55.3 Å². The molecule has 2 aromatic carbocycles. The van der Waals surface area contributed by atoms with Crippen molar-refractivity contribution in [2.45, 2.75) is 20.4 Å². The molecule has 0 saturated carbocycles. The van der Waals surface area contributed by atoms with Crippen LogP contribution in [0, 0.1) is 13.8 Å². The summed E-state index contributed by atoms with van der Waals surface area (Å²) >= 11 is 0. The quantitative estimate of drug-likeness (QED) is 0.563. The molecule has 0 radical (unpaired) electrons. The van der Waals surface area contributed by atoms with Crippen LogP contribution in [0.1, 0.15) is 16.7 Å². The number of methoxy groups -OCH3 is 3. The first-order chi connectivity index (χ1) is 15.0. The Kier molecular flexibility index (Phi) is 7.76. The maximum Gasteiger partial charge on any atom is 0.279 e. The third-order valence-corrected chi connectivity index (χ3v) is 6.18. The highest BCUT2D eigenvalue weighted by Gasteiger charge is 2.27. The lowest BCUT2D eigenvalue weighted by Crippen LogP contribution is -3.28. The number of carbonyl (C=O) groups excluding carboxylic acids is 1. The lowest BCUT2D eigenvalue weighted by atomic mass is 10.1. The molecule has 1 fully saturated rings. The molecular weight excluding hydrogens is 394 g/mol. The van der Waals surface area contributed by atoms with Gasteiger partial charge in [0.2, 0.25) is 5.75 Å². The molecule has 1 amide bonds. The first-order valence-electron chi connectivity index (χ1n) is 10.8. The van der Waals surface area contributed by atoms with Crippen molar-refractivity contribution < 1.29 is 28.8 Å². The Morgan fingerprint density at radius 3 is 2.23 bits per heavy atom. The molecule has 0 aliphatic carbocycles. The predicted octanol–water partition coefficient (Wildman–Crippen LogP) is 0.251. The van der Waals surface area contributed by atoms with E-state index >= 15 is 0 Å². The number of carbonyl (C=O) groups is 1. The Bertz CT molecular complexity index is 908. The second-order valence-electron chi connectivity index (χ2n) is 8.14. The topological polar surface area (TPSA) is 65.7 Å². The molecule has 3 N–H and O–H groups in total. The number of rotatable bonds is 8. The average molecular weight is 430 g/mol. The Hall–Kier alpha value is -2.77. The molecule has 7 nitrogen and oxygen atoms in total. The molecule has 2 aromatic rings. The average Bonchev–Trinajstić information content (AvgIpc) is 2.77. The van der Waals surface area contributed by atoms with Crippen LogP contribution in [-0.4, -0.2) is 60.0 Å². The molecule has 0 unspecified atom stereocenters. The molecule has 0 atom stereocenters. The second kappa shape index (κ2) is 10.5. The van der Waals surface area contributed by atoms with E-state index in [2.05, 4.69) is 18.3 Å². The first-order valence-corrected chi connectivity index (χ1v) is 10.8. The van der Waals surface area contributed by atoms with Gasteiger partial charge in [-0.15, -0.1) is 0 Å². The van der Waals surface area contributed by atoms with E-state index in [1.807, 2.05) is 31.2 Å². The van der Waals surface area contributed by atoms with E-state index in [1.54, 1.807) is 21.3 Å². The van der Waals surface area contributed by atoms with Crippen molar-refractivity contribution in [3.8, 4) is 17.2 Å². The summed E-state index contributed by atoms with van der Waals surface area (Å²) in [6.07, 6.45) is 0. The third kappa shape index (κ3) is 5.48. The number of ether oxygens (including phenoxy) is 3. The lowest BCUT2D eigenvalue weighted by Gasteiger charge is -2.30. The number of piperazine rings is 1. The SMILES string of the molecule is COc1ccc(C[NH+]2CC[NH+](CC(=O)Nc3cccc(C)c3C)CC2)c(OC)c1OC. The van der Waals surface area contributed by atoms with Gasteiger partial charge >= 0.3 is 0 Å². The summed E-state index contributed by atoms with van der Waals surface area (Å²) in [6, 6.07) is 9.98. The fourth-order valence-corrected chi connectivity index (χ4v) is 4.19. The zero-order valence-electron chi connectivity index (χ0n) is 19.3. The van der Waals surface area contributed by atoms with Gasteiger partial charge in [-0.2, -0.15) is 0 Å². The Morgan fingerprint density at radius 1 is 0.903 bits per heavy atom. The highest BCUT2D eigenvalue weighted by molar-refractivity contribution is 5.92. The third-order valence-electron chi connectivity index (χ3n) is 6.18. The van der Waals surface area contributed by atoms with Crippen LogP contribution >= 0.6 is 0 Å². The van der Waals surface area contributed by atoms with E-state index in [0.29, 0.717) is 18.0 Å². The summed E-state index contributed by atoms with van der Waals surface area (Å²) < 4.78 is 16.5. The summed E-state index contributed by atoms with van der Waals surface area (Å²) in [7, 11) is 4.91. The molecule has 31 heavy (non-hydrogen) atoms. The highest BCUT2D eigenvalue weighted by Crippen LogP contribution is 2.39. The van der Waals surface area contributed by atoms with Gasteiger partial charge in [-0.1, -0.05) is 12.1 Å². The summed E-state index contributed by atoms with van der Waals surface area (Å²) in [4.78, 5) is 15.4. The van der Waals surface area contributed by atoms with Crippen molar-refractivity contribution in [1.29, 1.82) is 0 Å². The van der Waals surface area contributed by atoms with E-state index in [1.165, 1.54) is 15.4 Å². The first kappa shape index (κ1) is 22.9. The molecule has 0 bridgehead atoms. The summed E-state index contributed by atoms with van der Waals surface area (Å²) in [5.41, 5.74) is 4.33. The van der Waals surface area contributed by atoms with Crippen LogP contribution in [0.2, 0.25) is 0 Å². The molecule has 1 heterocycles. The fraction of sp³-hybridized carbons (Fsp3) is 0.458. The van der Waals surface area contributed by atoms with Gasteiger partial charge in [0.25, 0.3) is 5.91 Å². The van der Waals surface area contributed by atoms with Gasteiger partial charge in [0.1, 0.15) is 32.7 Å². The maximum absolute atomic E-state index is 12.6. The van der Waals surface area contributed by atoms with E-state index in [-0.39, 0.29) is 5.91 Å². The zero-order valence-corrected chi connectivity index (χ0v) is 19.3. The minimum absolute atomic E-state index is 0.0775. The number of hydrogen-bond donors (Lipinski definition) is 3. The van der Waals surface area contributed by atoms with Crippen LogP contribution in [0.25, 0.3) is 0 Å². The summed E-state index contributed by atoms with van der Waals surface area (Å²) in [6.45, 7) is 9.39. The molecule has 0 aromatic heterocycles. The van der Waals surface area contributed by atoms with Gasteiger partial charge in [0.15, 0.2) is 18.0 Å². The predicted molar refractivity (Wildman–Crippen MR) is 121 cm³/mol. The number of nitrogens with one attached hydrogen (secondary N) is 3. The van der Waals surface area contributed by atoms with Crippen LogP contribution in [0.4, 0.5) is 5.69 Å². The van der Waals surface area contributed by atoms with Crippen molar-refractivity contribution in [2.75, 3.05) is 59.4 Å². The van der Waals surface area contributed by atoms with Gasteiger partial charge in [-0.3, -0.25) is 4.79 Å². The van der Waals surface area contributed by atoms with Crippen LogP contribution in [0.3, 0.4) is 0 Å². The number of quaternary nitrogens is 2. The Morgan fingerprint density at radius 2 is 1.58 bits per heavy atom. The van der Waals surface area contributed by atoms with Gasteiger partial charge in [-0.25, -0.2) is 0 Å². The van der Waals surface area contributed by atoms with E-state index < -0.39 is 0 Å². The maximum atomic E-state index is 12.6. The zero-order chi connectivity index (χ0) is 22.4. The molecule has 1 aliphatic heterocycles. The normalized spacial score (nSPS) is 18.4. The van der Waals surface area contributed by atoms with Gasteiger partial charge in [0.05, 0.1) is 26.9 Å². The standard InChI is InChI=1S/C24H33N3O4/c1-17-7-6-8-20(18(17)2)25-22(28)16-27-13-11-26(12-14-27)15-19-9-10-21(29-3)24(31-5)23(19)30-4/h6-10H,11-16H2,1-5H3,(H,25,28)/p+2. The molecule has 7 heteroatoms. The van der Waals surface area contributed by atoms with Crippen molar-refractivity contribution in [2.24, 2.45) is 0 Å². The Balaban J connectivity index is 1.54. The van der Waals surface area contributed by atoms with Crippen LogP contribution in [0.5, 0.6) is 17.2 Å². The molecular formula is C24H35N3O4+2. The van der Waals surface area contributed by atoms with Crippen molar-refractivity contribution in [1.82, 2.24) is 0 Å². The minimum atomic E-state index is 0.0775. The molecule has 168 valence electrons. The number of anilines is 1. The summed E-state index contributed by atoms with van der Waals surface area (Å²) in [5.74, 6) is 2.11. The van der Waals surface area contributed by atoms with Crippen LogP contribution < -0.4 is 29.3 Å². The smallest absolute Gasteiger partial charge is 0.279 e. The van der Waals surface area contributed by atoms with E-state index in [9.17, 15) is 4.79 Å². The van der Waals surface area contributed by atoms with Crippen LogP contribution in [0.15, 0.2) is 30.3 Å². The van der Waals surface area contributed by atoms with E-state index in [4.69, 9.17) is 14.2 Å². The van der Waals surface area contributed by atoms with Crippen molar-refractivity contribution >= 4 is 11.6 Å². The number of benzene rings is 2. The van der Waals surface area contributed by atoms with Crippen LogP contribution in [-0.2, 0) is 11.3 Å². The van der Waals surface area contributed by atoms with Crippen molar-refractivity contribution in [3.63, 3.8) is 0 Å². The monoisotopic (exact) mass is 429 g/mol. The molecule has 1 saturated heterocycles. The second-order valence-corrected chi connectivity index (χ2v) is 8.14. The molecule has 3 rings (SSSR count). The molecule has 0 spiro atoms. The van der Waals surface area contributed by atoms with Crippen molar-refractivity contribution in [3.05, 3.63) is 47.0 Å². The summed E-state index contributed by atoms with van der Waals surface area (Å²) in [5, 5.41) is 3.08. The largest absolute Gasteiger partial charge is 0.493 e. The number of aryl methyl sites for hydroxylation is 1. The highest BCUT2D eigenvalue weighted by atomic mass is 16.5. The van der Waals surface area contributed by atoms with Gasteiger partial charge in [0, 0.05) is 5.69 Å². The molecule has 1 aliphatic rings. The number of amides is 1. The number of hydrogen-bond acceptors (Lipinski definition) is 4. The lowest BCUT2D eigenvalue weighted by molar-refractivity contribution is -1.02. The Labute approximate surface area is 184 Å². The fourth-order valence-electron chi connectivity index (χ4n) is 4.19. The van der Waals surface area contributed by atoms with Gasteiger partial charge < -0.3 is 29.3 Å². The van der Waals surface area contributed by atoms with Gasteiger partial charge in [-0.05, 0) is 43.2 Å². The minimum Gasteiger partial charge on any atom is -0.493 e.